The predicted molar refractivity (Wildman–Crippen MR) is 97.4 cm³/mol. The van der Waals surface area contributed by atoms with Crippen LogP contribution in [0.4, 0.5) is 0 Å². The van der Waals surface area contributed by atoms with Gasteiger partial charge in [0.05, 0.1) is 6.61 Å². The molecule has 0 fully saturated rings. The summed E-state index contributed by atoms with van der Waals surface area (Å²) in [6.45, 7) is 5.31. The summed E-state index contributed by atoms with van der Waals surface area (Å²) in [5.41, 5.74) is 0. The first-order chi connectivity index (χ1) is 11.3. The number of ether oxygens (including phenoxy) is 2. The molecule has 0 saturated heterocycles. The van der Waals surface area contributed by atoms with Crippen LogP contribution < -0.4 is 0 Å². The molecule has 23 heavy (non-hydrogen) atoms. The molecule has 0 rings (SSSR count). The van der Waals surface area contributed by atoms with Crippen molar-refractivity contribution in [3.8, 4) is 0 Å². The molecule has 3 nitrogen and oxygen atoms in total. The number of carbonyl (C=O) groups is 1. The number of unbranched alkanes of at least 4 members (excludes halogenated alkanes) is 11. The number of rotatable bonds is 18. The van der Waals surface area contributed by atoms with Crippen LogP contribution in [0, 0.1) is 0 Å². The van der Waals surface area contributed by atoms with Crippen LogP contribution in [0.3, 0.4) is 0 Å². The van der Waals surface area contributed by atoms with E-state index in [1.165, 1.54) is 64.2 Å². The summed E-state index contributed by atoms with van der Waals surface area (Å²) < 4.78 is 10.7. The van der Waals surface area contributed by atoms with Gasteiger partial charge >= 0.3 is 0 Å². The van der Waals surface area contributed by atoms with E-state index in [0.29, 0.717) is 12.4 Å². The molecule has 0 amide bonds. The number of hydrogen-bond donors (Lipinski definition) is 0. The van der Waals surface area contributed by atoms with Crippen LogP contribution >= 0.6 is 0 Å². The average Bonchev–Trinajstić information content (AvgIpc) is 2.57. The summed E-state index contributed by atoms with van der Waals surface area (Å²) in [5, 5.41) is 0. The van der Waals surface area contributed by atoms with E-state index in [-0.39, 0.29) is 6.79 Å². The Hall–Kier alpha value is -0.830. The Kier molecular flexibility index (Phi) is 18.5. The van der Waals surface area contributed by atoms with Gasteiger partial charge in [0, 0.05) is 0 Å². The van der Waals surface area contributed by atoms with Gasteiger partial charge in [-0.2, -0.15) is 0 Å². The SMILES string of the molecule is CCCCCCCCCCC/C=C(\C=O)OCOCCCCC. The Morgan fingerprint density at radius 1 is 0.783 bits per heavy atom. The Labute approximate surface area is 143 Å². The second-order valence-electron chi connectivity index (χ2n) is 6.22. The molecule has 0 aromatic heterocycles. The third-order valence-corrected chi connectivity index (χ3v) is 3.97. The van der Waals surface area contributed by atoms with E-state index >= 15 is 0 Å². The van der Waals surface area contributed by atoms with Crippen LogP contribution in [-0.4, -0.2) is 19.7 Å². The highest BCUT2D eigenvalue weighted by molar-refractivity contribution is 5.69. The van der Waals surface area contributed by atoms with Crippen LogP contribution in [0.25, 0.3) is 0 Å². The molecule has 0 bridgehead atoms. The number of carbonyl (C=O) groups excluding carboxylic acids is 1. The first-order valence-corrected chi connectivity index (χ1v) is 9.71. The summed E-state index contributed by atoms with van der Waals surface area (Å²) in [6, 6.07) is 0. The number of hydrogen-bond acceptors (Lipinski definition) is 3. The van der Waals surface area contributed by atoms with Gasteiger partial charge in [0.25, 0.3) is 0 Å². The molecule has 0 N–H and O–H groups in total. The maximum absolute atomic E-state index is 10.9. The molecule has 0 aliphatic carbocycles. The van der Waals surface area contributed by atoms with Crippen molar-refractivity contribution >= 4 is 6.29 Å². The molecule has 0 aromatic carbocycles. The van der Waals surface area contributed by atoms with Crippen molar-refractivity contribution in [1.29, 1.82) is 0 Å². The second-order valence-corrected chi connectivity index (χ2v) is 6.22. The average molecular weight is 327 g/mol. The summed E-state index contributed by atoms with van der Waals surface area (Å²) in [4.78, 5) is 10.9. The van der Waals surface area contributed by atoms with E-state index in [2.05, 4.69) is 13.8 Å². The van der Waals surface area contributed by atoms with Crippen molar-refractivity contribution in [2.45, 2.75) is 97.3 Å². The third kappa shape index (κ3) is 17.4. The highest BCUT2D eigenvalue weighted by atomic mass is 16.7. The van der Waals surface area contributed by atoms with Crippen molar-refractivity contribution in [2.75, 3.05) is 13.4 Å². The lowest BCUT2D eigenvalue weighted by molar-refractivity contribution is -0.111. The molecule has 0 aromatic rings. The number of allylic oxidation sites excluding steroid dienone is 2. The van der Waals surface area contributed by atoms with E-state index in [0.717, 1.165) is 25.5 Å². The van der Waals surface area contributed by atoms with Crippen LogP contribution in [0.1, 0.15) is 97.3 Å². The zero-order chi connectivity index (χ0) is 17.0. The standard InChI is InChI=1S/C20H38O3/c1-3-5-7-8-9-10-11-12-13-14-16-20(18-21)23-19-22-17-15-6-4-2/h16,18H,3-15,17,19H2,1-2H3/b20-16+. The summed E-state index contributed by atoms with van der Waals surface area (Å²) >= 11 is 0. The van der Waals surface area contributed by atoms with Gasteiger partial charge in [-0.15, -0.1) is 0 Å². The van der Waals surface area contributed by atoms with E-state index in [1.807, 2.05) is 6.08 Å². The van der Waals surface area contributed by atoms with E-state index in [1.54, 1.807) is 0 Å². The molecule has 0 aliphatic heterocycles. The maximum atomic E-state index is 10.9. The molecule has 0 unspecified atom stereocenters. The quantitative estimate of drug-likeness (QED) is 0.0993. The summed E-state index contributed by atoms with van der Waals surface area (Å²) in [5.74, 6) is 0.417. The molecule has 0 heterocycles. The smallest absolute Gasteiger partial charge is 0.189 e. The van der Waals surface area contributed by atoms with Gasteiger partial charge in [-0.1, -0.05) is 78.1 Å². The van der Waals surface area contributed by atoms with E-state index < -0.39 is 0 Å². The Balaban J connectivity index is 3.42. The summed E-state index contributed by atoms with van der Waals surface area (Å²) in [7, 11) is 0. The molecule has 0 atom stereocenters. The van der Waals surface area contributed by atoms with Crippen molar-refractivity contribution in [2.24, 2.45) is 0 Å². The van der Waals surface area contributed by atoms with Crippen molar-refractivity contribution < 1.29 is 14.3 Å². The molecular formula is C20H38O3. The largest absolute Gasteiger partial charge is 0.464 e. The lowest BCUT2D eigenvalue weighted by Gasteiger charge is -2.06. The first-order valence-electron chi connectivity index (χ1n) is 9.71. The fourth-order valence-corrected chi connectivity index (χ4v) is 2.46. The predicted octanol–water partition coefficient (Wildman–Crippen LogP) is 6.17. The maximum Gasteiger partial charge on any atom is 0.189 e. The zero-order valence-corrected chi connectivity index (χ0v) is 15.5. The lowest BCUT2D eigenvalue weighted by atomic mass is 10.1. The van der Waals surface area contributed by atoms with Crippen molar-refractivity contribution in [3.63, 3.8) is 0 Å². The van der Waals surface area contributed by atoms with Gasteiger partial charge in [0.1, 0.15) is 0 Å². The summed E-state index contributed by atoms with van der Waals surface area (Å²) in [6.07, 6.45) is 18.9. The van der Waals surface area contributed by atoms with Crippen molar-refractivity contribution in [1.82, 2.24) is 0 Å². The molecule has 0 spiro atoms. The monoisotopic (exact) mass is 326 g/mol. The minimum atomic E-state index is 0.187. The zero-order valence-electron chi connectivity index (χ0n) is 15.5. The highest BCUT2D eigenvalue weighted by Gasteiger charge is 1.97. The second kappa shape index (κ2) is 19.2. The van der Waals surface area contributed by atoms with Gasteiger partial charge in [0.2, 0.25) is 0 Å². The molecule has 0 aliphatic rings. The van der Waals surface area contributed by atoms with E-state index in [9.17, 15) is 4.79 Å². The van der Waals surface area contributed by atoms with Crippen LogP contribution in [0.15, 0.2) is 11.8 Å². The molecule has 136 valence electrons. The Bertz CT molecular complexity index is 274. The molecule has 0 radical (unpaired) electrons. The molecular weight excluding hydrogens is 288 g/mol. The lowest BCUT2D eigenvalue weighted by Crippen LogP contribution is -2.02. The van der Waals surface area contributed by atoms with E-state index in [4.69, 9.17) is 9.47 Å². The van der Waals surface area contributed by atoms with Crippen LogP contribution in [0.5, 0.6) is 0 Å². The van der Waals surface area contributed by atoms with Crippen molar-refractivity contribution in [3.05, 3.63) is 11.8 Å². The number of aldehydes is 1. The molecule has 0 saturated carbocycles. The van der Waals surface area contributed by atoms with Gasteiger partial charge in [-0.25, -0.2) is 0 Å². The van der Waals surface area contributed by atoms with Crippen LogP contribution in [-0.2, 0) is 14.3 Å². The van der Waals surface area contributed by atoms with Crippen LogP contribution in [0.2, 0.25) is 0 Å². The fourth-order valence-electron chi connectivity index (χ4n) is 2.46. The Morgan fingerprint density at radius 3 is 1.96 bits per heavy atom. The van der Waals surface area contributed by atoms with Gasteiger partial charge in [0.15, 0.2) is 18.8 Å². The normalized spacial score (nSPS) is 11.7. The minimum Gasteiger partial charge on any atom is -0.464 e. The van der Waals surface area contributed by atoms with Gasteiger partial charge in [-0.3, -0.25) is 4.79 Å². The third-order valence-electron chi connectivity index (χ3n) is 3.97. The fraction of sp³-hybridized carbons (Fsp3) is 0.850. The molecule has 3 heteroatoms. The first kappa shape index (κ1) is 22.2. The minimum absolute atomic E-state index is 0.187. The highest BCUT2D eigenvalue weighted by Crippen LogP contribution is 2.11. The Morgan fingerprint density at radius 2 is 1.35 bits per heavy atom. The van der Waals surface area contributed by atoms with Gasteiger partial charge in [-0.05, 0) is 25.3 Å². The van der Waals surface area contributed by atoms with Gasteiger partial charge < -0.3 is 9.47 Å². The topological polar surface area (TPSA) is 35.5 Å².